The van der Waals surface area contributed by atoms with Crippen LogP contribution in [-0.2, 0) is 6.42 Å². The summed E-state index contributed by atoms with van der Waals surface area (Å²) in [5.41, 5.74) is 6.86. The van der Waals surface area contributed by atoms with Crippen LogP contribution in [0.5, 0.6) is 0 Å². The zero-order valence-electron chi connectivity index (χ0n) is 11.6. The Labute approximate surface area is 118 Å². The molecule has 0 saturated heterocycles. The fourth-order valence-corrected chi connectivity index (χ4v) is 2.45. The van der Waals surface area contributed by atoms with E-state index in [-0.39, 0.29) is 5.92 Å². The highest BCUT2D eigenvalue weighted by Crippen LogP contribution is 2.21. The molecule has 0 bridgehead atoms. The van der Waals surface area contributed by atoms with Gasteiger partial charge in [-0.05, 0) is 24.8 Å². The lowest BCUT2D eigenvalue weighted by atomic mass is 10.2. The molecule has 0 amide bonds. The van der Waals surface area contributed by atoms with E-state index in [1.165, 1.54) is 4.88 Å². The van der Waals surface area contributed by atoms with Crippen LogP contribution in [-0.4, -0.2) is 16.5 Å². The van der Waals surface area contributed by atoms with E-state index >= 15 is 0 Å². The number of anilines is 2. The summed E-state index contributed by atoms with van der Waals surface area (Å²) in [6.45, 7) is 6.95. The van der Waals surface area contributed by atoms with E-state index < -0.39 is 0 Å². The Morgan fingerprint density at radius 3 is 2.79 bits per heavy atom. The Hall–Kier alpha value is -1.62. The average molecular weight is 276 g/mol. The summed E-state index contributed by atoms with van der Waals surface area (Å²) in [5, 5.41) is 5.46. The standard InChI is InChI=1S/C14H20N4S/c1-9(2)13-17-12(15)10(3)14(18-13)16-7-6-11-5-4-8-19-11/h4-5,8-9H,6-7H2,1-3H3,(H3,15,16,17,18). The van der Waals surface area contributed by atoms with Crippen LogP contribution in [0.4, 0.5) is 11.6 Å². The van der Waals surface area contributed by atoms with Crippen molar-refractivity contribution >= 4 is 23.0 Å². The van der Waals surface area contributed by atoms with Crippen LogP contribution in [0.2, 0.25) is 0 Å². The minimum atomic E-state index is 0.278. The van der Waals surface area contributed by atoms with Crippen LogP contribution in [0.15, 0.2) is 17.5 Å². The molecule has 0 atom stereocenters. The van der Waals surface area contributed by atoms with Gasteiger partial charge in [0, 0.05) is 22.9 Å². The molecule has 0 fully saturated rings. The summed E-state index contributed by atoms with van der Waals surface area (Å²) in [4.78, 5) is 10.2. The van der Waals surface area contributed by atoms with Gasteiger partial charge in [-0.3, -0.25) is 0 Å². The molecular formula is C14H20N4S. The van der Waals surface area contributed by atoms with Gasteiger partial charge in [0.25, 0.3) is 0 Å². The third-order valence-corrected chi connectivity index (χ3v) is 3.90. The predicted molar refractivity (Wildman–Crippen MR) is 81.8 cm³/mol. The average Bonchev–Trinajstić information content (AvgIpc) is 2.87. The van der Waals surface area contributed by atoms with E-state index in [2.05, 4.69) is 46.6 Å². The van der Waals surface area contributed by atoms with E-state index in [4.69, 9.17) is 5.73 Å². The van der Waals surface area contributed by atoms with Crippen LogP contribution in [0.3, 0.4) is 0 Å². The van der Waals surface area contributed by atoms with Crippen molar-refractivity contribution in [2.75, 3.05) is 17.6 Å². The van der Waals surface area contributed by atoms with E-state index in [0.29, 0.717) is 5.82 Å². The molecule has 2 aromatic rings. The molecule has 102 valence electrons. The summed E-state index contributed by atoms with van der Waals surface area (Å²) < 4.78 is 0. The van der Waals surface area contributed by atoms with Crippen LogP contribution in [0.25, 0.3) is 0 Å². The molecule has 0 aromatic carbocycles. The third kappa shape index (κ3) is 3.44. The van der Waals surface area contributed by atoms with Crippen LogP contribution >= 0.6 is 11.3 Å². The number of rotatable bonds is 5. The Morgan fingerprint density at radius 2 is 2.16 bits per heavy atom. The number of hydrogen-bond acceptors (Lipinski definition) is 5. The molecule has 0 aliphatic heterocycles. The van der Waals surface area contributed by atoms with Gasteiger partial charge in [0.15, 0.2) is 0 Å². The van der Waals surface area contributed by atoms with Gasteiger partial charge in [-0.1, -0.05) is 19.9 Å². The summed E-state index contributed by atoms with van der Waals surface area (Å²) in [6.07, 6.45) is 0.998. The monoisotopic (exact) mass is 276 g/mol. The van der Waals surface area contributed by atoms with E-state index in [9.17, 15) is 0 Å². The molecule has 0 aliphatic carbocycles. The highest BCUT2D eigenvalue weighted by molar-refractivity contribution is 7.09. The van der Waals surface area contributed by atoms with Crippen molar-refractivity contribution in [3.63, 3.8) is 0 Å². The SMILES string of the molecule is Cc1c(N)nc(C(C)C)nc1NCCc1cccs1. The van der Waals surface area contributed by atoms with Crippen molar-refractivity contribution in [2.45, 2.75) is 33.1 Å². The molecule has 3 N–H and O–H groups in total. The predicted octanol–water partition coefficient (Wildman–Crippen LogP) is 3.21. The summed E-state index contributed by atoms with van der Waals surface area (Å²) in [7, 11) is 0. The van der Waals surface area contributed by atoms with Crippen molar-refractivity contribution < 1.29 is 0 Å². The lowest BCUT2D eigenvalue weighted by Crippen LogP contribution is -2.12. The second-order valence-electron chi connectivity index (χ2n) is 4.85. The molecule has 0 unspecified atom stereocenters. The van der Waals surface area contributed by atoms with E-state index in [0.717, 1.165) is 30.2 Å². The van der Waals surface area contributed by atoms with Crippen LogP contribution in [0.1, 0.15) is 36.0 Å². The van der Waals surface area contributed by atoms with E-state index in [1.807, 2.05) is 6.92 Å². The fourth-order valence-electron chi connectivity index (χ4n) is 1.74. The first-order valence-electron chi connectivity index (χ1n) is 6.48. The van der Waals surface area contributed by atoms with Gasteiger partial charge in [-0.15, -0.1) is 11.3 Å². The smallest absolute Gasteiger partial charge is 0.135 e. The van der Waals surface area contributed by atoms with E-state index in [1.54, 1.807) is 11.3 Å². The first kappa shape index (κ1) is 13.8. The molecule has 5 heteroatoms. The first-order valence-corrected chi connectivity index (χ1v) is 7.36. The normalized spacial score (nSPS) is 10.9. The maximum absolute atomic E-state index is 5.94. The summed E-state index contributed by atoms with van der Waals surface area (Å²) >= 11 is 1.78. The Balaban J connectivity index is 2.06. The summed E-state index contributed by atoms with van der Waals surface area (Å²) in [6, 6.07) is 4.22. The van der Waals surface area contributed by atoms with Gasteiger partial charge in [0.1, 0.15) is 17.5 Å². The topological polar surface area (TPSA) is 63.8 Å². The number of hydrogen-bond donors (Lipinski definition) is 2. The minimum Gasteiger partial charge on any atom is -0.383 e. The second-order valence-corrected chi connectivity index (χ2v) is 5.88. The zero-order valence-corrected chi connectivity index (χ0v) is 12.4. The number of aromatic nitrogens is 2. The van der Waals surface area contributed by atoms with Crippen molar-refractivity contribution in [3.8, 4) is 0 Å². The largest absolute Gasteiger partial charge is 0.383 e. The highest BCUT2D eigenvalue weighted by atomic mass is 32.1. The fraction of sp³-hybridized carbons (Fsp3) is 0.429. The number of nitrogens with zero attached hydrogens (tertiary/aromatic N) is 2. The maximum Gasteiger partial charge on any atom is 0.135 e. The molecule has 0 aliphatic rings. The molecule has 0 saturated carbocycles. The first-order chi connectivity index (χ1) is 9.08. The van der Waals surface area contributed by atoms with Crippen molar-refractivity contribution in [2.24, 2.45) is 0 Å². The third-order valence-electron chi connectivity index (χ3n) is 2.96. The Morgan fingerprint density at radius 1 is 1.37 bits per heavy atom. The molecule has 2 rings (SSSR count). The van der Waals surface area contributed by atoms with Gasteiger partial charge in [0.05, 0.1) is 0 Å². The van der Waals surface area contributed by atoms with Crippen LogP contribution in [0, 0.1) is 6.92 Å². The van der Waals surface area contributed by atoms with Crippen LogP contribution < -0.4 is 11.1 Å². The molecule has 2 heterocycles. The molecule has 2 aromatic heterocycles. The second kappa shape index (κ2) is 6.02. The van der Waals surface area contributed by atoms with Gasteiger partial charge in [-0.25, -0.2) is 9.97 Å². The molecular weight excluding hydrogens is 256 g/mol. The van der Waals surface area contributed by atoms with Crippen molar-refractivity contribution in [1.29, 1.82) is 0 Å². The number of thiophene rings is 1. The molecule has 19 heavy (non-hydrogen) atoms. The number of nitrogens with two attached hydrogens (primary N) is 1. The Bertz CT molecular complexity index is 535. The minimum absolute atomic E-state index is 0.278. The van der Waals surface area contributed by atoms with Crippen molar-refractivity contribution in [3.05, 3.63) is 33.8 Å². The van der Waals surface area contributed by atoms with Gasteiger partial charge >= 0.3 is 0 Å². The lowest BCUT2D eigenvalue weighted by Gasteiger charge is -2.13. The maximum atomic E-state index is 5.94. The van der Waals surface area contributed by atoms with Gasteiger partial charge in [-0.2, -0.15) is 0 Å². The molecule has 0 spiro atoms. The Kier molecular flexibility index (Phi) is 4.37. The quantitative estimate of drug-likeness (QED) is 0.880. The number of nitrogens with one attached hydrogen (secondary N) is 1. The zero-order chi connectivity index (χ0) is 13.8. The number of nitrogen functional groups attached to an aromatic ring is 1. The van der Waals surface area contributed by atoms with Gasteiger partial charge < -0.3 is 11.1 Å². The van der Waals surface area contributed by atoms with Gasteiger partial charge in [0.2, 0.25) is 0 Å². The highest BCUT2D eigenvalue weighted by Gasteiger charge is 2.10. The lowest BCUT2D eigenvalue weighted by molar-refractivity contribution is 0.774. The molecule has 0 radical (unpaired) electrons. The van der Waals surface area contributed by atoms with Crippen molar-refractivity contribution in [1.82, 2.24) is 9.97 Å². The summed E-state index contributed by atoms with van der Waals surface area (Å²) in [5.74, 6) is 2.49. The molecule has 4 nitrogen and oxygen atoms in total.